The van der Waals surface area contributed by atoms with Gasteiger partial charge in [0.25, 0.3) is 0 Å². The second-order valence-corrected chi connectivity index (χ2v) is 6.07. The molecule has 2 N–H and O–H groups in total. The molecule has 0 bridgehead atoms. The minimum Gasteiger partial charge on any atom is -0.323 e. The summed E-state index contributed by atoms with van der Waals surface area (Å²) in [6.45, 7) is 0. The zero-order chi connectivity index (χ0) is 14.3. The maximum atomic E-state index is 6.73. The molecular formula is C20H19N. The Kier molecular flexibility index (Phi) is 2.83. The number of hydrogen-bond acceptors (Lipinski definition) is 1. The first-order chi connectivity index (χ1) is 10.3. The molecule has 1 aliphatic carbocycles. The SMILES string of the molecule is NC(c1cccc2ccccc12)C1(c2ccccc2)CC1. The van der Waals surface area contributed by atoms with E-state index in [1.165, 1.54) is 34.7 Å². The molecule has 0 radical (unpaired) electrons. The summed E-state index contributed by atoms with van der Waals surface area (Å²) in [6, 6.07) is 25.8. The zero-order valence-corrected chi connectivity index (χ0v) is 12.0. The number of nitrogens with two attached hydrogens (primary N) is 1. The molecule has 1 fully saturated rings. The highest BCUT2D eigenvalue weighted by Crippen LogP contribution is 2.56. The fourth-order valence-electron chi connectivity index (χ4n) is 3.50. The number of hydrogen-bond donors (Lipinski definition) is 1. The number of rotatable bonds is 3. The second-order valence-electron chi connectivity index (χ2n) is 6.07. The third-order valence-electron chi connectivity index (χ3n) is 4.89. The smallest absolute Gasteiger partial charge is 0.0399 e. The zero-order valence-electron chi connectivity index (χ0n) is 12.0. The first kappa shape index (κ1) is 12.6. The predicted molar refractivity (Wildman–Crippen MR) is 88.2 cm³/mol. The van der Waals surface area contributed by atoms with Gasteiger partial charge in [0, 0.05) is 11.5 Å². The Morgan fingerprint density at radius 2 is 1.43 bits per heavy atom. The predicted octanol–water partition coefficient (Wildman–Crippen LogP) is 4.57. The topological polar surface area (TPSA) is 26.0 Å². The van der Waals surface area contributed by atoms with Crippen molar-refractivity contribution in [2.75, 3.05) is 0 Å². The summed E-state index contributed by atoms with van der Waals surface area (Å²) in [7, 11) is 0. The van der Waals surface area contributed by atoms with E-state index in [2.05, 4.69) is 72.8 Å². The van der Waals surface area contributed by atoms with Crippen LogP contribution in [-0.4, -0.2) is 0 Å². The van der Waals surface area contributed by atoms with Gasteiger partial charge < -0.3 is 5.73 Å². The molecule has 3 aromatic rings. The molecule has 104 valence electrons. The lowest BCUT2D eigenvalue weighted by Gasteiger charge is -2.25. The largest absolute Gasteiger partial charge is 0.323 e. The van der Waals surface area contributed by atoms with Crippen LogP contribution < -0.4 is 5.73 Å². The van der Waals surface area contributed by atoms with E-state index in [4.69, 9.17) is 5.73 Å². The van der Waals surface area contributed by atoms with Crippen molar-refractivity contribution in [3.05, 3.63) is 83.9 Å². The van der Waals surface area contributed by atoms with Gasteiger partial charge in [-0.25, -0.2) is 0 Å². The van der Waals surface area contributed by atoms with Crippen LogP contribution in [0.5, 0.6) is 0 Å². The van der Waals surface area contributed by atoms with Gasteiger partial charge in [-0.15, -0.1) is 0 Å². The van der Waals surface area contributed by atoms with Crippen molar-refractivity contribution in [1.29, 1.82) is 0 Å². The maximum absolute atomic E-state index is 6.73. The van der Waals surface area contributed by atoms with Crippen LogP contribution >= 0.6 is 0 Å². The van der Waals surface area contributed by atoms with Crippen LogP contribution in [0.2, 0.25) is 0 Å². The van der Waals surface area contributed by atoms with Crippen molar-refractivity contribution < 1.29 is 0 Å². The molecule has 1 aliphatic rings. The molecule has 0 aromatic heterocycles. The minimum atomic E-state index is 0.0611. The highest BCUT2D eigenvalue weighted by Gasteiger charge is 2.49. The van der Waals surface area contributed by atoms with E-state index in [1.54, 1.807) is 0 Å². The maximum Gasteiger partial charge on any atom is 0.0399 e. The van der Waals surface area contributed by atoms with Crippen LogP contribution in [0.4, 0.5) is 0 Å². The summed E-state index contributed by atoms with van der Waals surface area (Å²) >= 11 is 0. The molecule has 0 amide bonds. The van der Waals surface area contributed by atoms with Crippen LogP contribution in [0.25, 0.3) is 10.8 Å². The summed E-state index contributed by atoms with van der Waals surface area (Å²) in [5.74, 6) is 0. The molecule has 1 unspecified atom stereocenters. The van der Waals surface area contributed by atoms with Gasteiger partial charge in [0.1, 0.15) is 0 Å². The monoisotopic (exact) mass is 273 g/mol. The van der Waals surface area contributed by atoms with Gasteiger partial charge in [0.15, 0.2) is 0 Å². The van der Waals surface area contributed by atoms with E-state index < -0.39 is 0 Å². The van der Waals surface area contributed by atoms with Crippen molar-refractivity contribution in [1.82, 2.24) is 0 Å². The van der Waals surface area contributed by atoms with Gasteiger partial charge in [0.2, 0.25) is 0 Å². The van der Waals surface area contributed by atoms with E-state index in [0.717, 1.165) is 0 Å². The Balaban J connectivity index is 1.83. The van der Waals surface area contributed by atoms with Crippen LogP contribution in [0.1, 0.15) is 30.0 Å². The Morgan fingerprint density at radius 1 is 0.762 bits per heavy atom. The first-order valence-electron chi connectivity index (χ1n) is 7.60. The highest BCUT2D eigenvalue weighted by atomic mass is 14.7. The fourth-order valence-corrected chi connectivity index (χ4v) is 3.50. The molecular weight excluding hydrogens is 254 g/mol. The van der Waals surface area contributed by atoms with Crippen LogP contribution in [0, 0.1) is 0 Å². The van der Waals surface area contributed by atoms with Gasteiger partial charge in [-0.3, -0.25) is 0 Å². The summed E-state index contributed by atoms with van der Waals surface area (Å²) in [4.78, 5) is 0. The van der Waals surface area contributed by atoms with E-state index in [-0.39, 0.29) is 11.5 Å². The molecule has 21 heavy (non-hydrogen) atoms. The van der Waals surface area contributed by atoms with E-state index >= 15 is 0 Å². The molecule has 0 spiro atoms. The second kappa shape index (κ2) is 4.71. The van der Waals surface area contributed by atoms with Gasteiger partial charge >= 0.3 is 0 Å². The average Bonchev–Trinajstić information content (AvgIpc) is 3.36. The van der Waals surface area contributed by atoms with Crippen molar-refractivity contribution in [3.63, 3.8) is 0 Å². The third-order valence-corrected chi connectivity index (χ3v) is 4.89. The number of benzene rings is 3. The fraction of sp³-hybridized carbons (Fsp3) is 0.200. The average molecular weight is 273 g/mol. The van der Waals surface area contributed by atoms with Gasteiger partial charge in [-0.05, 0) is 34.7 Å². The van der Waals surface area contributed by atoms with Crippen molar-refractivity contribution in [2.24, 2.45) is 5.73 Å². The van der Waals surface area contributed by atoms with Crippen LogP contribution in [0.15, 0.2) is 72.8 Å². The quantitative estimate of drug-likeness (QED) is 0.743. The standard InChI is InChI=1S/C20H19N/c21-19(20(13-14-20)16-9-2-1-3-10-16)18-12-6-8-15-7-4-5-11-17(15)18/h1-12,19H,13-14,21H2. The highest BCUT2D eigenvalue weighted by molar-refractivity contribution is 5.86. The Bertz CT molecular complexity index is 767. The van der Waals surface area contributed by atoms with Crippen molar-refractivity contribution >= 4 is 10.8 Å². The van der Waals surface area contributed by atoms with Crippen LogP contribution in [-0.2, 0) is 5.41 Å². The lowest BCUT2D eigenvalue weighted by atomic mass is 9.83. The van der Waals surface area contributed by atoms with Gasteiger partial charge in [-0.2, -0.15) is 0 Å². The van der Waals surface area contributed by atoms with E-state index in [9.17, 15) is 0 Å². The van der Waals surface area contributed by atoms with Crippen molar-refractivity contribution in [3.8, 4) is 0 Å². The number of fused-ring (bicyclic) bond motifs is 1. The molecule has 1 nitrogen and oxygen atoms in total. The summed E-state index contributed by atoms with van der Waals surface area (Å²) in [6.07, 6.45) is 2.36. The molecule has 0 saturated heterocycles. The lowest BCUT2D eigenvalue weighted by molar-refractivity contribution is 0.545. The molecule has 0 heterocycles. The molecule has 3 aromatic carbocycles. The summed E-state index contributed by atoms with van der Waals surface area (Å²) < 4.78 is 0. The van der Waals surface area contributed by atoms with E-state index in [0.29, 0.717) is 0 Å². The first-order valence-corrected chi connectivity index (χ1v) is 7.60. The van der Waals surface area contributed by atoms with Crippen molar-refractivity contribution in [2.45, 2.75) is 24.3 Å². The van der Waals surface area contributed by atoms with Gasteiger partial charge in [-0.1, -0.05) is 72.8 Å². The van der Waals surface area contributed by atoms with Gasteiger partial charge in [0.05, 0.1) is 0 Å². The molecule has 1 heteroatoms. The Labute approximate surface area is 125 Å². The van der Waals surface area contributed by atoms with E-state index in [1.807, 2.05) is 0 Å². The Hall–Kier alpha value is -2.12. The van der Waals surface area contributed by atoms with Crippen LogP contribution in [0.3, 0.4) is 0 Å². The molecule has 0 aliphatic heterocycles. The minimum absolute atomic E-state index is 0.0611. The third kappa shape index (κ3) is 1.97. The summed E-state index contributed by atoms with van der Waals surface area (Å²) in [5.41, 5.74) is 9.52. The molecule has 1 atom stereocenters. The molecule has 4 rings (SSSR count). The normalized spacial score (nSPS) is 17.6. The molecule has 1 saturated carbocycles. The Morgan fingerprint density at radius 3 is 2.19 bits per heavy atom. The lowest BCUT2D eigenvalue weighted by Crippen LogP contribution is -2.26. The summed E-state index contributed by atoms with van der Waals surface area (Å²) in [5, 5.41) is 2.56.